The van der Waals surface area contributed by atoms with E-state index in [-0.39, 0.29) is 24.3 Å². The molecule has 0 radical (unpaired) electrons. The first-order valence-corrected chi connectivity index (χ1v) is 11.7. The number of carboxylic acid groups (broad SMARTS) is 1. The molecule has 12 heteroatoms. The lowest BCUT2D eigenvalue weighted by atomic mass is 10.1. The van der Waals surface area contributed by atoms with Gasteiger partial charge < -0.3 is 9.84 Å². The number of sulfonamides is 1. The maximum Gasteiger partial charge on any atom is 0.416 e. The average Bonchev–Trinajstić information content (AvgIpc) is 2.56. The molecule has 2 rings (SSSR count). The molecule has 2 N–H and O–H groups in total. The van der Waals surface area contributed by atoms with E-state index in [4.69, 9.17) is 9.84 Å². The summed E-state index contributed by atoms with van der Waals surface area (Å²) in [5, 5.41) is 8.78. The van der Waals surface area contributed by atoms with Crippen LogP contribution in [-0.4, -0.2) is 25.7 Å². The number of rotatable bonds is 8. The van der Waals surface area contributed by atoms with Crippen molar-refractivity contribution in [1.82, 2.24) is 0 Å². The molecular formula is C18H16Br2F3NO5S. The number of ether oxygens (including phenoxy) is 1. The number of aliphatic carboxylic acids is 1. The summed E-state index contributed by atoms with van der Waals surface area (Å²) in [7, 11) is -3.77. The molecule has 0 heterocycles. The van der Waals surface area contributed by atoms with Crippen LogP contribution in [0.4, 0.5) is 18.9 Å². The van der Waals surface area contributed by atoms with E-state index < -0.39 is 27.7 Å². The minimum atomic E-state index is -4.67. The summed E-state index contributed by atoms with van der Waals surface area (Å²) in [6, 6.07) is 6.14. The predicted molar refractivity (Wildman–Crippen MR) is 112 cm³/mol. The van der Waals surface area contributed by atoms with Crippen molar-refractivity contribution in [2.45, 2.75) is 25.6 Å². The average molecular weight is 575 g/mol. The van der Waals surface area contributed by atoms with Crippen molar-refractivity contribution < 1.29 is 36.2 Å². The molecule has 164 valence electrons. The van der Waals surface area contributed by atoms with Crippen LogP contribution in [0.1, 0.15) is 23.1 Å². The highest BCUT2D eigenvalue weighted by Crippen LogP contribution is 2.37. The van der Waals surface area contributed by atoms with Crippen LogP contribution in [-0.2, 0) is 34.0 Å². The Hall–Kier alpha value is -1.79. The zero-order chi connectivity index (χ0) is 22.7. The number of alkyl halides is 3. The minimum absolute atomic E-state index is 0.0561. The van der Waals surface area contributed by atoms with Gasteiger partial charge in [0.25, 0.3) is 0 Å². The highest BCUT2D eigenvalue weighted by atomic mass is 79.9. The Balaban J connectivity index is 2.28. The predicted octanol–water partition coefficient (Wildman–Crippen LogP) is 5.20. The number of hydrogen-bond acceptors (Lipinski definition) is 4. The van der Waals surface area contributed by atoms with Crippen LogP contribution in [0.25, 0.3) is 0 Å². The number of hydrogen-bond donors (Lipinski definition) is 2. The molecule has 0 aliphatic carbocycles. The third kappa shape index (κ3) is 7.47. The van der Waals surface area contributed by atoms with E-state index in [1.165, 1.54) is 6.07 Å². The first-order chi connectivity index (χ1) is 13.7. The van der Waals surface area contributed by atoms with Gasteiger partial charge in [-0.3, -0.25) is 9.52 Å². The Bertz CT molecular complexity index is 1040. The standard InChI is InChI=1S/C18H16Br2F3NO5S/c1-30(27,28)24-13-5-11(4-12(8-13)18(21,22)23)9-29-17-14(19)6-10(7-15(17)20)2-3-16(25)26/h4-8,24H,2-3,9H2,1H3,(H,25,26). The molecule has 0 fully saturated rings. The molecule has 0 aliphatic heterocycles. The molecule has 0 unspecified atom stereocenters. The molecule has 0 aliphatic rings. The van der Waals surface area contributed by atoms with E-state index in [0.717, 1.165) is 17.9 Å². The SMILES string of the molecule is CS(=O)(=O)Nc1cc(COc2c(Br)cc(CCC(=O)O)cc2Br)cc(C(F)(F)F)c1. The number of carboxylic acids is 1. The quantitative estimate of drug-likeness (QED) is 0.452. The van der Waals surface area contributed by atoms with Crippen molar-refractivity contribution in [3.8, 4) is 5.75 Å². The van der Waals surface area contributed by atoms with E-state index in [0.29, 0.717) is 27.2 Å². The molecular weight excluding hydrogens is 559 g/mol. The lowest BCUT2D eigenvalue weighted by molar-refractivity contribution is -0.138. The molecule has 0 atom stereocenters. The molecule has 0 saturated heterocycles. The highest BCUT2D eigenvalue weighted by Gasteiger charge is 2.31. The maximum atomic E-state index is 13.2. The van der Waals surface area contributed by atoms with Gasteiger partial charge in [-0.05, 0) is 79.7 Å². The Morgan fingerprint density at radius 2 is 1.70 bits per heavy atom. The van der Waals surface area contributed by atoms with Gasteiger partial charge in [0.15, 0.2) is 0 Å². The molecule has 30 heavy (non-hydrogen) atoms. The second-order valence-corrected chi connectivity index (χ2v) is 9.82. The van der Waals surface area contributed by atoms with Gasteiger partial charge >= 0.3 is 12.1 Å². The zero-order valence-electron chi connectivity index (χ0n) is 15.4. The molecule has 0 bridgehead atoms. The molecule has 2 aromatic carbocycles. The van der Waals surface area contributed by atoms with Gasteiger partial charge in [-0.1, -0.05) is 0 Å². The van der Waals surface area contributed by atoms with E-state index in [9.17, 15) is 26.4 Å². The van der Waals surface area contributed by atoms with Crippen LogP contribution >= 0.6 is 31.9 Å². The third-order valence-electron chi connectivity index (χ3n) is 3.69. The Morgan fingerprint density at radius 1 is 1.10 bits per heavy atom. The highest BCUT2D eigenvalue weighted by molar-refractivity contribution is 9.11. The Kier molecular flexibility index (Phi) is 7.80. The largest absolute Gasteiger partial charge is 0.487 e. The smallest absolute Gasteiger partial charge is 0.416 e. The molecule has 0 saturated carbocycles. The van der Waals surface area contributed by atoms with Crippen LogP contribution in [0.3, 0.4) is 0 Å². The molecule has 0 aromatic heterocycles. The second-order valence-electron chi connectivity index (χ2n) is 6.36. The number of nitrogens with one attached hydrogen (secondary N) is 1. The van der Waals surface area contributed by atoms with Gasteiger partial charge in [0.05, 0.1) is 20.8 Å². The van der Waals surface area contributed by atoms with Crippen LogP contribution in [0.15, 0.2) is 39.3 Å². The van der Waals surface area contributed by atoms with Gasteiger partial charge in [0.1, 0.15) is 12.4 Å². The first-order valence-electron chi connectivity index (χ1n) is 8.26. The van der Waals surface area contributed by atoms with Gasteiger partial charge in [-0.2, -0.15) is 13.2 Å². The van der Waals surface area contributed by atoms with Gasteiger partial charge in [0.2, 0.25) is 10.0 Å². The van der Waals surface area contributed by atoms with E-state index in [1.54, 1.807) is 12.1 Å². The molecule has 0 amide bonds. The fourth-order valence-corrected chi connectivity index (χ4v) is 4.57. The van der Waals surface area contributed by atoms with Crippen LogP contribution in [0, 0.1) is 0 Å². The topological polar surface area (TPSA) is 92.7 Å². The normalized spacial score (nSPS) is 11.9. The summed E-state index contributed by atoms with van der Waals surface area (Å²) < 4.78 is 70.9. The van der Waals surface area contributed by atoms with Crippen molar-refractivity contribution in [3.63, 3.8) is 0 Å². The third-order valence-corrected chi connectivity index (χ3v) is 5.48. The molecule has 2 aromatic rings. The van der Waals surface area contributed by atoms with Gasteiger partial charge in [-0.15, -0.1) is 0 Å². The first kappa shape index (κ1) is 24.5. The van der Waals surface area contributed by atoms with Gasteiger partial charge in [-0.25, -0.2) is 8.42 Å². The van der Waals surface area contributed by atoms with Crippen molar-refractivity contribution in [2.75, 3.05) is 11.0 Å². The zero-order valence-corrected chi connectivity index (χ0v) is 19.4. The summed E-state index contributed by atoms with van der Waals surface area (Å²) in [6.45, 7) is -0.270. The Labute approximate surface area is 187 Å². The van der Waals surface area contributed by atoms with Crippen LogP contribution in [0.2, 0.25) is 0 Å². The maximum absolute atomic E-state index is 13.2. The summed E-state index contributed by atoms with van der Waals surface area (Å²) in [6.07, 6.45) is -3.60. The second kappa shape index (κ2) is 9.56. The fourth-order valence-electron chi connectivity index (χ4n) is 2.51. The summed E-state index contributed by atoms with van der Waals surface area (Å²) in [5.74, 6) is -0.630. The lowest BCUT2D eigenvalue weighted by Gasteiger charge is -2.15. The number of anilines is 1. The van der Waals surface area contributed by atoms with Crippen molar-refractivity contribution in [1.29, 1.82) is 0 Å². The lowest BCUT2D eigenvalue weighted by Crippen LogP contribution is -2.13. The summed E-state index contributed by atoms with van der Waals surface area (Å²) in [5.41, 5.74) is -0.420. The number of carbonyl (C=O) groups is 1. The summed E-state index contributed by atoms with van der Waals surface area (Å²) >= 11 is 6.61. The van der Waals surface area contributed by atoms with Crippen LogP contribution in [0.5, 0.6) is 5.75 Å². The van der Waals surface area contributed by atoms with Crippen molar-refractivity contribution in [2.24, 2.45) is 0 Å². The van der Waals surface area contributed by atoms with E-state index in [1.807, 2.05) is 4.72 Å². The van der Waals surface area contributed by atoms with Crippen LogP contribution < -0.4 is 9.46 Å². The Morgan fingerprint density at radius 3 is 2.20 bits per heavy atom. The molecule has 0 spiro atoms. The minimum Gasteiger partial charge on any atom is -0.487 e. The number of aryl methyl sites for hydroxylation is 1. The van der Waals surface area contributed by atoms with E-state index in [2.05, 4.69) is 31.9 Å². The summed E-state index contributed by atoms with van der Waals surface area (Å²) in [4.78, 5) is 10.7. The monoisotopic (exact) mass is 573 g/mol. The number of halogens is 5. The fraction of sp³-hybridized carbons (Fsp3) is 0.278. The number of benzene rings is 2. The van der Waals surface area contributed by atoms with Crippen molar-refractivity contribution in [3.05, 3.63) is 56.0 Å². The molecule has 6 nitrogen and oxygen atoms in total. The van der Waals surface area contributed by atoms with E-state index >= 15 is 0 Å². The van der Waals surface area contributed by atoms with Gasteiger partial charge in [0, 0.05) is 12.1 Å². The van der Waals surface area contributed by atoms with Crippen molar-refractivity contribution >= 4 is 53.5 Å².